The average Bonchev–Trinajstić information content (AvgIpc) is 3.49. The predicted molar refractivity (Wildman–Crippen MR) is 138 cm³/mol. The number of benzene rings is 3. The highest BCUT2D eigenvalue weighted by atomic mass is 35.5. The summed E-state index contributed by atoms with van der Waals surface area (Å²) in [5.41, 5.74) is 3.17. The van der Waals surface area contributed by atoms with Gasteiger partial charge in [0.1, 0.15) is 0 Å². The lowest BCUT2D eigenvalue weighted by atomic mass is 9.95. The summed E-state index contributed by atoms with van der Waals surface area (Å²) in [4.78, 5) is 29.5. The van der Waals surface area contributed by atoms with Crippen LogP contribution in [0, 0.1) is 5.92 Å². The van der Waals surface area contributed by atoms with Crippen molar-refractivity contribution < 1.29 is 9.59 Å². The Labute approximate surface area is 205 Å². The smallest absolute Gasteiger partial charge is 0.251 e. The molecule has 2 aliphatic rings. The molecule has 34 heavy (non-hydrogen) atoms. The van der Waals surface area contributed by atoms with E-state index < -0.39 is 0 Å². The summed E-state index contributed by atoms with van der Waals surface area (Å²) in [6.07, 6.45) is 2.89. The molecule has 1 heterocycles. The van der Waals surface area contributed by atoms with Crippen LogP contribution in [0.25, 0.3) is 10.8 Å². The van der Waals surface area contributed by atoms with Crippen LogP contribution in [-0.2, 0) is 10.2 Å². The second-order valence-corrected chi connectivity index (χ2v) is 10.5. The molecule has 5 nitrogen and oxygen atoms in total. The molecule has 1 N–H and O–H groups in total. The summed E-state index contributed by atoms with van der Waals surface area (Å²) >= 11 is 6.09. The van der Waals surface area contributed by atoms with Gasteiger partial charge in [0, 0.05) is 53.7 Å². The third kappa shape index (κ3) is 4.68. The van der Waals surface area contributed by atoms with E-state index in [0.29, 0.717) is 30.1 Å². The summed E-state index contributed by atoms with van der Waals surface area (Å²) in [6.45, 7) is 2.15. The van der Waals surface area contributed by atoms with E-state index in [2.05, 4.69) is 48.6 Å². The number of halogens is 1. The van der Waals surface area contributed by atoms with E-state index in [-0.39, 0.29) is 23.1 Å². The molecule has 3 aromatic rings. The highest BCUT2D eigenvalue weighted by Crippen LogP contribution is 2.48. The van der Waals surface area contributed by atoms with Gasteiger partial charge in [0.05, 0.1) is 0 Å². The van der Waals surface area contributed by atoms with E-state index in [1.54, 1.807) is 0 Å². The van der Waals surface area contributed by atoms with E-state index in [4.69, 9.17) is 11.6 Å². The Morgan fingerprint density at radius 3 is 2.50 bits per heavy atom. The lowest BCUT2D eigenvalue weighted by Crippen LogP contribution is -2.31. The molecular formula is C28H30ClN3O2. The SMILES string of the molecule is CN(C)CC1(c2ccc(N3CC(CNC(=O)c4ccc5ccc(Cl)cc5c4)CC3=O)cc2)CC1. The van der Waals surface area contributed by atoms with Gasteiger partial charge < -0.3 is 15.1 Å². The zero-order valence-electron chi connectivity index (χ0n) is 19.7. The first kappa shape index (κ1) is 22.9. The normalized spacial score (nSPS) is 19.1. The van der Waals surface area contributed by atoms with E-state index in [1.165, 1.54) is 18.4 Å². The maximum Gasteiger partial charge on any atom is 0.251 e. The number of rotatable bonds is 7. The molecule has 1 unspecified atom stereocenters. The minimum atomic E-state index is -0.132. The molecule has 1 atom stereocenters. The number of hydrogen-bond acceptors (Lipinski definition) is 3. The Morgan fingerprint density at radius 1 is 1.06 bits per heavy atom. The fourth-order valence-electron chi connectivity index (χ4n) is 5.15. The molecule has 5 rings (SSSR count). The first-order valence-corrected chi connectivity index (χ1v) is 12.2. The van der Waals surface area contributed by atoms with Gasteiger partial charge in [-0.1, -0.05) is 35.9 Å². The molecule has 176 valence electrons. The van der Waals surface area contributed by atoms with Crippen LogP contribution in [0.5, 0.6) is 0 Å². The van der Waals surface area contributed by atoms with Crippen LogP contribution in [0.2, 0.25) is 5.02 Å². The van der Waals surface area contributed by atoms with E-state index >= 15 is 0 Å². The molecule has 0 spiro atoms. The third-order valence-corrected chi connectivity index (χ3v) is 7.32. The van der Waals surface area contributed by atoms with Gasteiger partial charge in [0.15, 0.2) is 0 Å². The molecule has 1 aliphatic carbocycles. The van der Waals surface area contributed by atoms with E-state index in [0.717, 1.165) is 23.0 Å². The Kier molecular flexibility index (Phi) is 6.09. The van der Waals surface area contributed by atoms with Crippen LogP contribution < -0.4 is 10.2 Å². The first-order valence-electron chi connectivity index (χ1n) is 11.9. The molecule has 2 fully saturated rings. The lowest BCUT2D eigenvalue weighted by Gasteiger charge is -2.22. The number of carbonyl (C=O) groups is 2. The van der Waals surface area contributed by atoms with Crippen molar-refractivity contribution in [2.45, 2.75) is 24.7 Å². The fourth-order valence-corrected chi connectivity index (χ4v) is 5.34. The number of nitrogens with one attached hydrogen (secondary N) is 1. The number of hydrogen-bond donors (Lipinski definition) is 1. The largest absolute Gasteiger partial charge is 0.352 e. The van der Waals surface area contributed by atoms with E-state index in [9.17, 15) is 9.59 Å². The molecule has 2 amide bonds. The molecule has 1 saturated carbocycles. The molecule has 0 bridgehead atoms. The molecule has 1 aliphatic heterocycles. The monoisotopic (exact) mass is 475 g/mol. The zero-order valence-corrected chi connectivity index (χ0v) is 20.4. The Hall–Kier alpha value is -2.89. The van der Waals surface area contributed by atoms with Crippen LogP contribution in [-0.4, -0.2) is 50.4 Å². The average molecular weight is 476 g/mol. The van der Waals surface area contributed by atoms with Crippen LogP contribution in [0.15, 0.2) is 60.7 Å². The van der Waals surface area contributed by atoms with Gasteiger partial charge >= 0.3 is 0 Å². The molecule has 3 aromatic carbocycles. The van der Waals surface area contributed by atoms with Gasteiger partial charge in [-0.15, -0.1) is 0 Å². The molecule has 1 saturated heterocycles. The van der Waals surface area contributed by atoms with Gasteiger partial charge in [0.25, 0.3) is 5.91 Å². The molecule has 0 radical (unpaired) electrons. The number of fused-ring (bicyclic) bond motifs is 1. The van der Waals surface area contributed by atoms with Crippen LogP contribution >= 0.6 is 11.6 Å². The van der Waals surface area contributed by atoms with Crippen molar-refractivity contribution >= 4 is 39.9 Å². The van der Waals surface area contributed by atoms with Gasteiger partial charge in [-0.05, 0) is 79.7 Å². The van der Waals surface area contributed by atoms with Crippen molar-refractivity contribution in [3.63, 3.8) is 0 Å². The van der Waals surface area contributed by atoms with Crippen LogP contribution in [0.1, 0.15) is 35.2 Å². The topological polar surface area (TPSA) is 52.6 Å². The number of anilines is 1. The number of amides is 2. The van der Waals surface area contributed by atoms with Crippen LogP contribution in [0.3, 0.4) is 0 Å². The highest BCUT2D eigenvalue weighted by Gasteiger charge is 2.44. The fraction of sp³-hybridized carbons (Fsp3) is 0.357. The second kappa shape index (κ2) is 9.05. The minimum absolute atomic E-state index is 0.0922. The van der Waals surface area contributed by atoms with Crippen molar-refractivity contribution in [1.29, 1.82) is 0 Å². The standard InChI is InChI=1S/C28H30ClN3O2/c1-31(2)18-28(11-12-28)23-6-9-25(10-7-23)32-17-19(13-26(32)33)16-30-27(34)21-4-3-20-5-8-24(29)15-22(20)14-21/h3-10,14-15,19H,11-13,16-18H2,1-2H3,(H,30,34). The van der Waals surface area contributed by atoms with Gasteiger partial charge in [-0.2, -0.15) is 0 Å². The Morgan fingerprint density at radius 2 is 1.79 bits per heavy atom. The summed E-state index contributed by atoms with van der Waals surface area (Å²) in [7, 11) is 4.23. The first-order chi connectivity index (χ1) is 16.3. The maximum atomic E-state index is 12.7. The Bertz CT molecular complexity index is 1230. The van der Waals surface area contributed by atoms with Crippen molar-refractivity contribution in [3.05, 3.63) is 76.8 Å². The minimum Gasteiger partial charge on any atom is -0.352 e. The van der Waals surface area contributed by atoms with Gasteiger partial charge in [-0.3, -0.25) is 9.59 Å². The summed E-state index contributed by atoms with van der Waals surface area (Å²) in [5.74, 6) is 0.0732. The van der Waals surface area contributed by atoms with Crippen molar-refractivity contribution in [2.24, 2.45) is 5.92 Å². The quantitative estimate of drug-likeness (QED) is 0.530. The van der Waals surface area contributed by atoms with Crippen molar-refractivity contribution in [3.8, 4) is 0 Å². The van der Waals surface area contributed by atoms with Gasteiger partial charge in [-0.25, -0.2) is 0 Å². The van der Waals surface area contributed by atoms with Crippen molar-refractivity contribution in [1.82, 2.24) is 10.2 Å². The lowest BCUT2D eigenvalue weighted by molar-refractivity contribution is -0.117. The summed E-state index contributed by atoms with van der Waals surface area (Å²) in [6, 6.07) is 19.8. The Balaban J connectivity index is 1.20. The van der Waals surface area contributed by atoms with E-state index in [1.807, 2.05) is 41.3 Å². The number of likely N-dealkylation sites (N-methyl/N-ethyl adjacent to an activating group) is 1. The van der Waals surface area contributed by atoms with Crippen LogP contribution in [0.4, 0.5) is 5.69 Å². The zero-order chi connectivity index (χ0) is 23.9. The third-order valence-electron chi connectivity index (χ3n) is 7.08. The molecular weight excluding hydrogens is 446 g/mol. The maximum absolute atomic E-state index is 12.7. The number of nitrogens with zero attached hydrogens (tertiary/aromatic N) is 2. The van der Waals surface area contributed by atoms with Gasteiger partial charge in [0.2, 0.25) is 5.91 Å². The summed E-state index contributed by atoms with van der Waals surface area (Å²) < 4.78 is 0. The van der Waals surface area contributed by atoms with Crippen molar-refractivity contribution in [2.75, 3.05) is 38.6 Å². The number of carbonyl (C=O) groups excluding carboxylic acids is 2. The molecule has 0 aromatic heterocycles. The summed E-state index contributed by atoms with van der Waals surface area (Å²) in [5, 5.41) is 5.63. The highest BCUT2D eigenvalue weighted by molar-refractivity contribution is 6.31. The molecule has 6 heteroatoms. The second-order valence-electron chi connectivity index (χ2n) is 10.1. The predicted octanol–water partition coefficient (Wildman–Crippen LogP) is 4.87.